The number of nitrogens with zero attached hydrogens (tertiary/aromatic N) is 1. The Morgan fingerprint density at radius 2 is 1.90 bits per heavy atom. The number of fused-ring (bicyclic) bond motifs is 1. The molecule has 2 aromatic carbocycles. The summed E-state index contributed by atoms with van der Waals surface area (Å²) in [6, 6.07) is 12.5. The first-order valence-corrected chi connectivity index (χ1v) is 13.9. The molecule has 4 rings (SSSR count). The smallest absolute Gasteiger partial charge is 0.308 e. The van der Waals surface area contributed by atoms with E-state index in [-0.39, 0.29) is 24.3 Å². The van der Waals surface area contributed by atoms with Gasteiger partial charge < -0.3 is 14.8 Å². The molecule has 1 N–H and O–H groups in total. The fourth-order valence-electron chi connectivity index (χ4n) is 6.28. The second kappa shape index (κ2) is 12.1. The van der Waals surface area contributed by atoms with E-state index in [4.69, 9.17) is 32.7 Å². The normalized spacial score (nSPS) is 24.8. The summed E-state index contributed by atoms with van der Waals surface area (Å²) in [4.78, 5) is 39.5. The Morgan fingerprint density at radius 1 is 1.10 bits per heavy atom. The van der Waals surface area contributed by atoms with Gasteiger partial charge in [-0.1, -0.05) is 47.5 Å². The molecule has 1 heterocycles. The number of likely N-dealkylation sites (tertiary alicyclic amines) is 1. The van der Waals surface area contributed by atoms with Crippen LogP contribution >= 0.6 is 23.2 Å². The van der Waals surface area contributed by atoms with E-state index in [9.17, 15) is 14.4 Å². The van der Waals surface area contributed by atoms with E-state index in [0.717, 1.165) is 17.7 Å². The van der Waals surface area contributed by atoms with E-state index in [0.29, 0.717) is 54.6 Å². The molecule has 3 atom stereocenters. The molecule has 0 spiro atoms. The molecule has 2 aliphatic rings. The minimum atomic E-state index is -0.820. The minimum Gasteiger partial charge on any atom is -0.457 e. The minimum absolute atomic E-state index is 0.119. The van der Waals surface area contributed by atoms with Crippen LogP contribution in [0, 0.1) is 0 Å². The summed E-state index contributed by atoms with van der Waals surface area (Å²) in [5.41, 5.74) is 0.268. The topological polar surface area (TPSA) is 84.9 Å². The van der Waals surface area contributed by atoms with Crippen molar-refractivity contribution in [1.29, 1.82) is 0 Å². The Labute approximate surface area is 239 Å². The van der Waals surface area contributed by atoms with E-state index < -0.39 is 17.0 Å². The fourth-order valence-corrected chi connectivity index (χ4v) is 6.61. The summed E-state index contributed by atoms with van der Waals surface area (Å²) in [6.07, 6.45) is 4.49. The average Bonchev–Trinajstić information content (AvgIpc) is 2.86. The highest BCUT2D eigenvalue weighted by molar-refractivity contribution is 6.42. The molecule has 1 aliphatic heterocycles. The van der Waals surface area contributed by atoms with Crippen LogP contribution in [0.5, 0.6) is 5.75 Å². The highest BCUT2D eigenvalue weighted by Crippen LogP contribution is 2.54. The van der Waals surface area contributed by atoms with Gasteiger partial charge in [0.25, 0.3) is 0 Å². The number of rotatable bonds is 8. The predicted molar refractivity (Wildman–Crippen MR) is 151 cm³/mol. The van der Waals surface area contributed by atoms with Crippen LogP contribution in [0.1, 0.15) is 50.7 Å². The van der Waals surface area contributed by atoms with Gasteiger partial charge in [-0.2, -0.15) is 0 Å². The summed E-state index contributed by atoms with van der Waals surface area (Å²) < 4.78 is 11.7. The van der Waals surface area contributed by atoms with Crippen molar-refractivity contribution in [3.05, 3.63) is 76.3 Å². The van der Waals surface area contributed by atoms with Crippen LogP contribution in [0.25, 0.3) is 0 Å². The summed E-state index contributed by atoms with van der Waals surface area (Å²) in [5, 5.41) is 4.06. The van der Waals surface area contributed by atoms with E-state index in [1.165, 1.54) is 13.8 Å². The lowest BCUT2D eigenvalue weighted by Gasteiger charge is -2.59. The standard InChI is InChI=1S/C30H34Cl2N2O5/c1-4-13-34-14-12-29(23-6-5-7-25(17-23)38-20(2)35)18-24(10-11-30(29,19-34)39-21(3)36)33-28(37)16-22-8-9-26(31)27(32)15-22/h4-9,15,17,24H,1,10-14,16,18-19H2,2-3H3,(H,33,37)/t24-,29?,30?/m0/s1. The SMILES string of the molecule is C=CCN1CCC2(c3cccc(OC(C)=O)c3)C[C@@H](NC(=O)Cc3ccc(Cl)c(Cl)c3)CCC2(OC(C)=O)C1. The molecule has 1 saturated carbocycles. The van der Waals surface area contributed by atoms with Gasteiger partial charge in [0.05, 0.1) is 16.5 Å². The molecule has 1 amide bonds. The number of ether oxygens (including phenoxy) is 2. The molecule has 2 fully saturated rings. The summed E-state index contributed by atoms with van der Waals surface area (Å²) in [6.45, 7) is 8.66. The zero-order valence-electron chi connectivity index (χ0n) is 22.3. The number of hydrogen-bond donors (Lipinski definition) is 1. The van der Waals surface area contributed by atoms with Gasteiger partial charge in [0, 0.05) is 38.4 Å². The van der Waals surface area contributed by atoms with Gasteiger partial charge in [-0.15, -0.1) is 6.58 Å². The molecule has 2 unspecified atom stereocenters. The molecule has 208 valence electrons. The number of piperidine rings is 1. The number of hydrogen-bond acceptors (Lipinski definition) is 6. The second-order valence-corrected chi connectivity index (χ2v) is 11.3. The highest BCUT2D eigenvalue weighted by atomic mass is 35.5. The van der Waals surface area contributed by atoms with Gasteiger partial charge in [-0.25, -0.2) is 0 Å². The number of carbonyl (C=O) groups is 3. The van der Waals surface area contributed by atoms with Gasteiger partial charge in [-0.05, 0) is 67.6 Å². The first kappa shape index (κ1) is 29.1. The van der Waals surface area contributed by atoms with Gasteiger partial charge in [-0.3, -0.25) is 19.3 Å². The summed E-state index contributed by atoms with van der Waals surface area (Å²) >= 11 is 12.2. The molecule has 39 heavy (non-hydrogen) atoms. The van der Waals surface area contributed by atoms with Crippen molar-refractivity contribution in [2.75, 3.05) is 19.6 Å². The quantitative estimate of drug-likeness (QED) is 0.264. The van der Waals surface area contributed by atoms with E-state index in [1.54, 1.807) is 24.3 Å². The molecule has 0 bridgehead atoms. The molecule has 2 aromatic rings. The van der Waals surface area contributed by atoms with Crippen molar-refractivity contribution in [2.24, 2.45) is 0 Å². The first-order chi connectivity index (χ1) is 18.6. The number of carbonyl (C=O) groups excluding carboxylic acids is 3. The third kappa shape index (κ3) is 6.48. The van der Waals surface area contributed by atoms with Crippen LogP contribution in [-0.2, 0) is 31.0 Å². The molecule has 1 aliphatic carbocycles. The van der Waals surface area contributed by atoms with Crippen LogP contribution in [0.3, 0.4) is 0 Å². The van der Waals surface area contributed by atoms with E-state index >= 15 is 0 Å². The Bertz CT molecular complexity index is 1270. The number of halogens is 2. The van der Waals surface area contributed by atoms with Crippen molar-refractivity contribution in [3.63, 3.8) is 0 Å². The molecule has 0 radical (unpaired) electrons. The Morgan fingerprint density at radius 3 is 2.59 bits per heavy atom. The summed E-state index contributed by atoms with van der Waals surface area (Å²) in [5.74, 6) is -0.442. The molecule has 7 nitrogen and oxygen atoms in total. The lowest BCUT2D eigenvalue weighted by Crippen LogP contribution is -2.68. The van der Waals surface area contributed by atoms with Crippen LogP contribution in [0.2, 0.25) is 10.0 Å². The van der Waals surface area contributed by atoms with Gasteiger partial charge >= 0.3 is 11.9 Å². The maximum Gasteiger partial charge on any atom is 0.308 e. The van der Waals surface area contributed by atoms with Gasteiger partial charge in [0.15, 0.2) is 0 Å². The average molecular weight is 574 g/mol. The lowest BCUT2D eigenvalue weighted by molar-refractivity contribution is -0.186. The van der Waals surface area contributed by atoms with Crippen LogP contribution in [0.15, 0.2) is 55.1 Å². The van der Waals surface area contributed by atoms with E-state index in [1.807, 2.05) is 24.3 Å². The van der Waals surface area contributed by atoms with Crippen molar-refractivity contribution in [3.8, 4) is 5.75 Å². The number of esters is 2. The maximum atomic E-state index is 13.1. The van der Waals surface area contributed by atoms with Crippen LogP contribution in [0.4, 0.5) is 0 Å². The Kier molecular flexibility index (Phi) is 9.04. The number of nitrogens with one attached hydrogen (secondary N) is 1. The predicted octanol–water partition coefficient (Wildman–Crippen LogP) is 5.26. The molecule has 9 heteroatoms. The Hall–Kier alpha value is -2.87. The molecule has 1 saturated heterocycles. The Balaban J connectivity index is 1.67. The highest BCUT2D eigenvalue weighted by Gasteiger charge is 2.60. The van der Waals surface area contributed by atoms with E-state index in [2.05, 4.69) is 16.8 Å². The van der Waals surface area contributed by atoms with Crippen molar-refractivity contribution in [2.45, 2.75) is 63.0 Å². The third-order valence-electron chi connectivity index (χ3n) is 7.79. The van der Waals surface area contributed by atoms with Crippen molar-refractivity contribution < 1.29 is 23.9 Å². The zero-order valence-corrected chi connectivity index (χ0v) is 23.8. The second-order valence-electron chi connectivity index (χ2n) is 10.5. The first-order valence-electron chi connectivity index (χ1n) is 13.1. The largest absolute Gasteiger partial charge is 0.457 e. The van der Waals surface area contributed by atoms with Gasteiger partial charge in [0.1, 0.15) is 11.4 Å². The fraction of sp³-hybridized carbons (Fsp3) is 0.433. The van der Waals surface area contributed by atoms with Gasteiger partial charge in [0.2, 0.25) is 5.91 Å². The number of benzene rings is 2. The summed E-state index contributed by atoms with van der Waals surface area (Å²) in [7, 11) is 0. The third-order valence-corrected chi connectivity index (χ3v) is 8.52. The lowest BCUT2D eigenvalue weighted by atomic mass is 9.55. The maximum absolute atomic E-state index is 13.1. The molecule has 0 aromatic heterocycles. The number of amides is 1. The molecular formula is C30H34Cl2N2O5. The van der Waals surface area contributed by atoms with Crippen molar-refractivity contribution >= 4 is 41.0 Å². The molecular weight excluding hydrogens is 539 g/mol. The van der Waals surface area contributed by atoms with Crippen molar-refractivity contribution in [1.82, 2.24) is 10.2 Å². The zero-order chi connectivity index (χ0) is 28.2. The van der Waals surface area contributed by atoms with Crippen LogP contribution in [-0.4, -0.2) is 54.0 Å². The van der Waals surface area contributed by atoms with Crippen LogP contribution < -0.4 is 10.1 Å². The monoisotopic (exact) mass is 572 g/mol.